The molecule has 4 aromatic rings. The van der Waals surface area contributed by atoms with Gasteiger partial charge in [-0.25, -0.2) is 0 Å². The predicted molar refractivity (Wildman–Crippen MR) is 193 cm³/mol. The van der Waals surface area contributed by atoms with Crippen LogP contribution in [0.4, 0.5) is 22.7 Å². The minimum absolute atomic E-state index is 0.0668. The maximum absolute atomic E-state index is 12.3. The third kappa shape index (κ3) is 9.87. The van der Waals surface area contributed by atoms with Crippen LogP contribution in [0.1, 0.15) is 11.1 Å². The van der Waals surface area contributed by atoms with Gasteiger partial charge < -0.3 is 21.3 Å². The number of anilines is 4. The van der Waals surface area contributed by atoms with Crippen molar-refractivity contribution in [2.75, 3.05) is 21.3 Å². The minimum Gasteiger partial charge on any atom is -0.332 e. The Morgan fingerprint density at radius 2 is 0.800 bits per heavy atom. The molecule has 0 aliphatic carbocycles. The van der Waals surface area contributed by atoms with Gasteiger partial charge in [0, 0.05) is 11.4 Å². The van der Waals surface area contributed by atoms with Crippen LogP contribution in [0.2, 0.25) is 0 Å². The zero-order chi connectivity index (χ0) is 37.2. The van der Waals surface area contributed by atoms with E-state index in [0.717, 1.165) is 36.4 Å². The molecule has 8 N–H and O–H groups in total. The third-order valence-electron chi connectivity index (χ3n) is 6.53. The van der Waals surface area contributed by atoms with Gasteiger partial charge in [0.2, 0.25) is 0 Å². The van der Waals surface area contributed by atoms with Gasteiger partial charge in [-0.3, -0.25) is 18.2 Å². The molecule has 0 saturated heterocycles. The highest BCUT2D eigenvalue weighted by Gasteiger charge is 2.22. The van der Waals surface area contributed by atoms with Crippen LogP contribution in [-0.2, 0) is 40.5 Å². The van der Waals surface area contributed by atoms with Crippen molar-refractivity contribution in [2.45, 2.75) is 19.6 Å². The standard InChI is InChI=1S/C28H24N4O12S6/c1-16(17-2-12-23(25(14-17)49(39,40)41)31-27(45)29-19-4-8-21(9-5-19)47(33,34)35)18-3-13-24(26(15-18)50(42,43)44)32-28(46)30-20-6-10-22(11-7-20)48(36,37)38/h2-15H,1H2,(H2,29,31,45)(H2,30,32,46)(H,33,34,35)(H,36,37,38)(H,39,40,41)(H,42,43,44). The van der Waals surface area contributed by atoms with Crippen molar-refractivity contribution < 1.29 is 51.9 Å². The van der Waals surface area contributed by atoms with Crippen LogP contribution in [0, 0.1) is 0 Å². The first-order valence-electron chi connectivity index (χ1n) is 13.3. The van der Waals surface area contributed by atoms with Crippen LogP contribution < -0.4 is 21.3 Å². The van der Waals surface area contributed by atoms with E-state index in [2.05, 4.69) is 27.8 Å². The molecule has 0 fully saturated rings. The number of benzene rings is 4. The number of rotatable bonds is 10. The maximum atomic E-state index is 12.3. The summed E-state index contributed by atoms with van der Waals surface area (Å²) in [7, 11) is -18.7. The summed E-state index contributed by atoms with van der Waals surface area (Å²) >= 11 is 10.4. The molecule has 0 atom stereocenters. The molecule has 50 heavy (non-hydrogen) atoms. The molecule has 0 saturated carbocycles. The van der Waals surface area contributed by atoms with Crippen molar-refractivity contribution in [3.63, 3.8) is 0 Å². The van der Waals surface area contributed by atoms with E-state index < -0.39 is 50.3 Å². The highest BCUT2D eigenvalue weighted by atomic mass is 32.2. The molecule has 0 aliphatic rings. The summed E-state index contributed by atoms with van der Waals surface area (Å²) in [5, 5.41) is 10.3. The lowest BCUT2D eigenvalue weighted by atomic mass is 9.99. The molecule has 0 aliphatic heterocycles. The second-order valence-corrected chi connectivity index (χ2v) is 16.4. The number of hydrogen-bond acceptors (Lipinski definition) is 10. The number of thiocarbonyl (C=S) groups is 2. The van der Waals surface area contributed by atoms with Gasteiger partial charge in [0.15, 0.2) is 10.2 Å². The summed E-state index contributed by atoms with van der Waals surface area (Å²) in [5.41, 5.74) is 0.465. The molecule has 0 aromatic heterocycles. The molecule has 0 unspecified atom stereocenters. The second-order valence-electron chi connectivity index (χ2n) is 10.0. The van der Waals surface area contributed by atoms with Crippen LogP contribution in [0.15, 0.2) is 111 Å². The molecule has 264 valence electrons. The molecule has 4 rings (SSSR count). The van der Waals surface area contributed by atoms with Crippen LogP contribution in [0.3, 0.4) is 0 Å². The van der Waals surface area contributed by atoms with Crippen molar-refractivity contribution in [1.29, 1.82) is 0 Å². The number of nitrogens with one attached hydrogen (secondary N) is 4. The Morgan fingerprint density at radius 3 is 1.08 bits per heavy atom. The topological polar surface area (TPSA) is 266 Å². The normalized spacial score (nSPS) is 12.1. The van der Waals surface area contributed by atoms with E-state index in [1.165, 1.54) is 48.5 Å². The monoisotopic (exact) mass is 800 g/mol. The average Bonchev–Trinajstić information content (AvgIpc) is 2.99. The molecule has 0 spiro atoms. The van der Waals surface area contributed by atoms with Crippen LogP contribution in [0.5, 0.6) is 0 Å². The van der Waals surface area contributed by atoms with Gasteiger partial charge in [0.1, 0.15) is 9.79 Å². The molecule has 4 aromatic carbocycles. The first kappa shape index (κ1) is 38.4. The van der Waals surface area contributed by atoms with Crippen molar-refractivity contribution in [3.05, 3.63) is 103 Å². The summed E-state index contributed by atoms with van der Waals surface area (Å²) in [6.45, 7) is 3.89. The predicted octanol–water partition coefficient (Wildman–Crippen LogP) is 4.35. The summed E-state index contributed by atoms with van der Waals surface area (Å²) in [5.74, 6) is 0. The first-order chi connectivity index (χ1) is 23.0. The fourth-order valence-corrected chi connectivity index (χ4v) is 6.97. The van der Waals surface area contributed by atoms with Crippen molar-refractivity contribution in [2.24, 2.45) is 0 Å². The first-order valence-corrected chi connectivity index (χ1v) is 19.8. The molecule has 0 radical (unpaired) electrons. The fourth-order valence-electron chi connectivity index (χ4n) is 4.21. The van der Waals surface area contributed by atoms with E-state index in [1.807, 2.05) is 0 Å². The van der Waals surface area contributed by atoms with E-state index in [1.54, 1.807) is 0 Å². The van der Waals surface area contributed by atoms with E-state index in [9.17, 15) is 42.8 Å². The average molecular weight is 801 g/mol. The Kier molecular flexibility index (Phi) is 11.1. The SMILES string of the molecule is C=C(c1ccc(NC(=S)Nc2ccc(S(=O)(=O)O)cc2)c(S(=O)(=O)O)c1)c1ccc(NC(=S)Nc2ccc(S(=O)(=O)O)cc2)c(S(=O)(=O)O)c1. The van der Waals surface area contributed by atoms with Crippen molar-refractivity contribution in [3.8, 4) is 0 Å². The summed E-state index contributed by atoms with van der Waals surface area (Å²) < 4.78 is 132. The third-order valence-corrected chi connectivity index (χ3v) is 10.5. The summed E-state index contributed by atoms with van der Waals surface area (Å²) in [4.78, 5) is -2.02. The Hall–Kier alpha value is -4.36. The van der Waals surface area contributed by atoms with Gasteiger partial charge >= 0.3 is 0 Å². The van der Waals surface area contributed by atoms with E-state index >= 15 is 0 Å². The Labute approximate surface area is 297 Å². The molecule has 0 amide bonds. The smallest absolute Gasteiger partial charge is 0.296 e. The largest absolute Gasteiger partial charge is 0.332 e. The van der Waals surface area contributed by atoms with Gasteiger partial charge in [0.25, 0.3) is 40.5 Å². The summed E-state index contributed by atoms with van der Waals surface area (Å²) in [6.07, 6.45) is 0. The van der Waals surface area contributed by atoms with Gasteiger partial charge in [-0.1, -0.05) is 18.7 Å². The molecular weight excluding hydrogens is 777 g/mol. The Morgan fingerprint density at radius 1 is 0.480 bits per heavy atom. The van der Waals surface area contributed by atoms with Gasteiger partial charge in [-0.2, -0.15) is 33.7 Å². The van der Waals surface area contributed by atoms with E-state index in [0.29, 0.717) is 0 Å². The van der Waals surface area contributed by atoms with E-state index in [4.69, 9.17) is 33.5 Å². The van der Waals surface area contributed by atoms with E-state index in [-0.39, 0.29) is 59.5 Å². The zero-order valence-corrected chi connectivity index (χ0v) is 29.7. The molecule has 0 heterocycles. The van der Waals surface area contributed by atoms with Crippen LogP contribution >= 0.6 is 24.4 Å². The lowest BCUT2D eigenvalue weighted by Crippen LogP contribution is -2.21. The Bertz CT molecular complexity index is 2300. The van der Waals surface area contributed by atoms with Crippen molar-refractivity contribution >= 4 is 103 Å². The lowest BCUT2D eigenvalue weighted by molar-refractivity contribution is 0.481. The second kappa shape index (κ2) is 14.5. The molecular formula is C28H24N4O12S6. The van der Waals surface area contributed by atoms with Gasteiger partial charge in [-0.05, 0) is 114 Å². The molecule has 22 heteroatoms. The maximum Gasteiger partial charge on any atom is 0.296 e. The van der Waals surface area contributed by atoms with Crippen LogP contribution in [-0.4, -0.2) is 62.1 Å². The Balaban J connectivity index is 1.56. The zero-order valence-electron chi connectivity index (χ0n) is 24.8. The highest BCUT2D eigenvalue weighted by Crippen LogP contribution is 2.32. The van der Waals surface area contributed by atoms with Crippen LogP contribution in [0.25, 0.3) is 5.57 Å². The molecule has 0 bridgehead atoms. The quantitative estimate of drug-likeness (QED) is 0.0818. The summed E-state index contributed by atoms with van der Waals surface area (Å²) in [6, 6.07) is 16.9. The molecule has 16 nitrogen and oxygen atoms in total. The van der Waals surface area contributed by atoms with Gasteiger partial charge in [0.05, 0.1) is 21.2 Å². The fraction of sp³-hybridized carbons (Fsp3) is 0. The highest BCUT2D eigenvalue weighted by molar-refractivity contribution is 7.86. The van der Waals surface area contributed by atoms with Crippen molar-refractivity contribution in [1.82, 2.24) is 0 Å². The number of hydrogen-bond donors (Lipinski definition) is 8. The van der Waals surface area contributed by atoms with Gasteiger partial charge in [-0.15, -0.1) is 0 Å². The lowest BCUT2D eigenvalue weighted by Gasteiger charge is -2.17. The minimum atomic E-state index is -4.89.